The second-order valence-corrected chi connectivity index (χ2v) is 8.29. The van der Waals surface area contributed by atoms with Gasteiger partial charge in [-0.1, -0.05) is 19.3 Å². The normalized spacial score (nSPS) is 20.8. The van der Waals surface area contributed by atoms with E-state index in [9.17, 15) is 4.79 Å². The average Bonchev–Trinajstić information content (AvgIpc) is 2.61. The van der Waals surface area contributed by atoms with Gasteiger partial charge < -0.3 is 20.3 Å². The van der Waals surface area contributed by atoms with Gasteiger partial charge in [0.1, 0.15) is 5.60 Å². The molecule has 1 amide bonds. The molecule has 1 aliphatic carbocycles. The Bertz CT molecular complexity index is 461. The van der Waals surface area contributed by atoms with Gasteiger partial charge in [-0.15, -0.1) is 0 Å². The van der Waals surface area contributed by atoms with E-state index in [1.807, 2.05) is 27.8 Å². The van der Waals surface area contributed by atoms with Gasteiger partial charge in [0.15, 0.2) is 5.96 Å². The van der Waals surface area contributed by atoms with Crippen molar-refractivity contribution in [2.75, 3.05) is 46.3 Å². The fourth-order valence-electron chi connectivity index (χ4n) is 3.45. The molecule has 0 radical (unpaired) electrons. The second kappa shape index (κ2) is 10.00. The third-order valence-corrected chi connectivity index (χ3v) is 4.91. The standard InChI is InChI=1S/C19H37N5O2/c1-19(2,3)26-18(25)24-14-12-23(13-15-24)11-10-21-17(20-4)22-16-8-6-5-7-9-16/h16H,5-15H2,1-4H3,(H2,20,21,22). The molecule has 2 rings (SSSR count). The topological polar surface area (TPSA) is 69.2 Å². The number of carbonyl (C=O) groups excluding carboxylic acids is 1. The number of amides is 1. The number of hydrogen-bond donors (Lipinski definition) is 2. The van der Waals surface area contributed by atoms with Crippen molar-refractivity contribution in [3.05, 3.63) is 0 Å². The van der Waals surface area contributed by atoms with Gasteiger partial charge in [0.05, 0.1) is 0 Å². The number of nitrogens with zero attached hydrogens (tertiary/aromatic N) is 3. The van der Waals surface area contributed by atoms with Crippen molar-refractivity contribution in [3.8, 4) is 0 Å². The quantitative estimate of drug-likeness (QED) is 0.588. The van der Waals surface area contributed by atoms with Crippen LogP contribution in [0.1, 0.15) is 52.9 Å². The van der Waals surface area contributed by atoms with Crippen molar-refractivity contribution < 1.29 is 9.53 Å². The minimum absolute atomic E-state index is 0.202. The van der Waals surface area contributed by atoms with Crippen LogP contribution in [0, 0.1) is 0 Å². The Balaban J connectivity index is 1.62. The monoisotopic (exact) mass is 367 g/mol. The molecule has 0 aromatic carbocycles. The molecule has 150 valence electrons. The molecule has 2 aliphatic rings. The Morgan fingerprint density at radius 3 is 2.35 bits per heavy atom. The molecule has 26 heavy (non-hydrogen) atoms. The van der Waals surface area contributed by atoms with E-state index in [0.29, 0.717) is 6.04 Å². The molecule has 0 aromatic heterocycles. The summed E-state index contributed by atoms with van der Waals surface area (Å²) in [6, 6.07) is 0.562. The Labute approximate surface area is 158 Å². The number of hydrogen-bond acceptors (Lipinski definition) is 4. The Morgan fingerprint density at radius 1 is 1.12 bits per heavy atom. The lowest BCUT2D eigenvalue weighted by molar-refractivity contribution is 0.0147. The lowest BCUT2D eigenvalue weighted by atomic mass is 9.96. The first-order valence-electron chi connectivity index (χ1n) is 10.0. The SMILES string of the molecule is CN=C(NCCN1CCN(C(=O)OC(C)(C)C)CC1)NC1CCCCC1. The van der Waals surface area contributed by atoms with Crippen LogP contribution in [-0.4, -0.2) is 79.8 Å². The zero-order valence-electron chi connectivity index (χ0n) is 17.0. The largest absolute Gasteiger partial charge is 0.444 e. The van der Waals surface area contributed by atoms with Gasteiger partial charge in [0.25, 0.3) is 0 Å². The third-order valence-electron chi connectivity index (χ3n) is 4.91. The molecule has 1 aliphatic heterocycles. The summed E-state index contributed by atoms with van der Waals surface area (Å²) in [5, 5.41) is 6.96. The van der Waals surface area contributed by atoms with Crippen LogP contribution in [0.4, 0.5) is 4.79 Å². The van der Waals surface area contributed by atoms with Gasteiger partial charge in [-0.05, 0) is 33.6 Å². The van der Waals surface area contributed by atoms with Gasteiger partial charge in [0.2, 0.25) is 0 Å². The zero-order valence-corrected chi connectivity index (χ0v) is 17.0. The summed E-state index contributed by atoms with van der Waals surface area (Å²) in [5.74, 6) is 0.907. The first kappa shape index (κ1) is 20.8. The molecule has 2 fully saturated rings. The molecule has 2 N–H and O–H groups in total. The summed E-state index contributed by atoms with van der Waals surface area (Å²) < 4.78 is 5.44. The van der Waals surface area contributed by atoms with Crippen LogP contribution < -0.4 is 10.6 Å². The van der Waals surface area contributed by atoms with Crippen LogP contribution in [0.15, 0.2) is 4.99 Å². The lowest BCUT2D eigenvalue weighted by Crippen LogP contribution is -2.52. The Morgan fingerprint density at radius 2 is 1.77 bits per heavy atom. The highest BCUT2D eigenvalue weighted by atomic mass is 16.6. The van der Waals surface area contributed by atoms with Crippen molar-refractivity contribution in [2.24, 2.45) is 4.99 Å². The van der Waals surface area contributed by atoms with E-state index in [4.69, 9.17) is 4.74 Å². The number of rotatable bonds is 4. The summed E-state index contributed by atoms with van der Waals surface area (Å²) in [6.45, 7) is 10.7. The van der Waals surface area contributed by atoms with E-state index < -0.39 is 5.60 Å². The Kier molecular flexibility index (Phi) is 8.00. The summed E-state index contributed by atoms with van der Waals surface area (Å²) in [4.78, 5) is 20.6. The summed E-state index contributed by atoms with van der Waals surface area (Å²) >= 11 is 0. The molecule has 0 bridgehead atoms. The molecule has 0 atom stereocenters. The first-order chi connectivity index (χ1) is 12.4. The van der Waals surface area contributed by atoms with Crippen LogP contribution in [0.2, 0.25) is 0 Å². The number of ether oxygens (including phenoxy) is 1. The van der Waals surface area contributed by atoms with Crippen LogP contribution in [-0.2, 0) is 4.74 Å². The second-order valence-electron chi connectivity index (χ2n) is 8.29. The predicted octanol–water partition coefficient (Wildman–Crippen LogP) is 2.04. The molecule has 0 unspecified atom stereocenters. The summed E-state index contributed by atoms with van der Waals surface area (Å²) in [6.07, 6.45) is 6.28. The van der Waals surface area contributed by atoms with Gasteiger partial charge in [0, 0.05) is 52.4 Å². The Hall–Kier alpha value is -1.50. The lowest BCUT2D eigenvalue weighted by Gasteiger charge is -2.35. The highest BCUT2D eigenvalue weighted by Crippen LogP contribution is 2.17. The number of guanidine groups is 1. The van der Waals surface area contributed by atoms with Crippen LogP contribution >= 0.6 is 0 Å². The first-order valence-corrected chi connectivity index (χ1v) is 10.0. The number of aliphatic imine (C=N–C) groups is 1. The maximum absolute atomic E-state index is 12.1. The van der Waals surface area contributed by atoms with E-state index in [1.54, 1.807) is 4.90 Å². The number of carbonyl (C=O) groups is 1. The number of nitrogens with one attached hydrogen (secondary N) is 2. The maximum atomic E-state index is 12.1. The maximum Gasteiger partial charge on any atom is 0.410 e. The summed E-state index contributed by atoms with van der Waals surface area (Å²) in [5.41, 5.74) is -0.431. The van der Waals surface area contributed by atoms with Gasteiger partial charge >= 0.3 is 6.09 Å². The highest BCUT2D eigenvalue weighted by molar-refractivity contribution is 5.79. The molecule has 1 saturated carbocycles. The van der Waals surface area contributed by atoms with Crippen molar-refractivity contribution >= 4 is 12.1 Å². The van der Waals surface area contributed by atoms with Crippen LogP contribution in [0.3, 0.4) is 0 Å². The fraction of sp³-hybridized carbons (Fsp3) is 0.895. The molecule has 7 nitrogen and oxygen atoms in total. The third kappa shape index (κ3) is 7.40. The number of piperazine rings is 1. The fourth-order valence-corrected chi connectivity index (χ4v) is 3.45. The van der Waals surface area contributed by atoms with Gasteiger partial charge in [-0.3, -0.25) is 9.89 Å². The van der Waals surface area contributed by atoms with E-state index in [1.165, 1.54) is 32.1 Å². The molecule has 1 saturated heterocycles. The van der Waals surface area contributed by atoms with Gasteiger partial charge in [-0.25, -0.2) is 4.79 Å². The van der Waals surface area contributed by atoms with Gasteiger partial charge in [-0.2, -0.15) is 0 Å². The molecule has 1 heterocycles. The van der Waals surface area contributed by atoms with Crippen LogP contribution in [0.5, 0.6) is 0 Å². The van der Waals surface area contributed by atoms with Crippen molar-refractivity contribution in [1.29, 1.82) is 0 Å². The molecule has 0 spiro atoms. The van der Waals surface area contributed by atoms with Crippen molar-refractivity contribution in [3.63, 3.8) is 0 Å². The zero-order chi connectivity index (χ0) is 19.0. The average molecular weight is 368 g/mol. The van der Waals surface area contributed by atoms with E-state index in [0.717, 1.165) is 45.2 Å². The van der Waals surface area contributed by atoms with Crippen molar-refractivity contribution in [2.45, 2.75) is 64.5 Å². The minimum Gasteiger partial charge on any atom is -0.444 e. The molecule has 7 heteroatoms. The molecular weight excluding hydrogens is 330 g/mol. The van der Waals surface area contributed by atoms with Crippen LogP contribution in [0.25, 0.3) is 0 Å². The van der Waals surface area contributed by atoms with E-state index in [2.05, 4.69) is 20.5 Å². The van der Waals surface area contributed by atoms with Crippen molar-refractivity contribution in [1.82, 2.24) is 20.4 Å². The smallest absolute Gasteiger partial charge is 0.410 e. The van der Waals surface area contributed by atoms with E-state index >= 15 is 0 Å². The summed E-state index contributed by atoms with van der Waals surface area (Å²) in [7, 11) is 1.83. The highest BCUT2D eigenvalue weighted by Gasteiger charge is 2.25. The predicted molar refractivity (Wildman–Crippen MR) is 106 cm³/mol. The molecule has 0 aromatic rings. The molecular formula is C19H37N5O2. The van der Waals surface area contributed by atoms with E-state index in [-0.39, 0.29) is 6.09 Å². The minimum atomic E-state index is -0.431.